The first kappa shape index (κ1) is 12.4. The molecule has 1 N–H and O–H groups in total. The molecule has 1 aliphatic rings. The fourth-order valence-electron chi connectivity index (χ4n) is 2.00. The summed E-state index contributed by atoms with van der Waals surface area (Å²) in [5.74, 6) is 1.03. The standard InChI is InChI=1S/C12H19N3OS/c1-2-13-12(17)15-7-5-14(6-8-15)10-11-4-3-9-16-11/h3-4,9H,2,5-8,10H2,1H3,(H,13,17). The molecule has 0 amide bonds. The van der Waals surface area contributed by atoms with Crippen LogP contribution in [0.1, 0.15) is 12.7 Å². The summed E-state index contributed by atoms with van der Waals surface area (Å²) in [6, 6.07) is 3.96. The molecule has 4 nitrogen and oxygen atoms in total. The molecule has 1 saturated heterocycles. The Morgan fingerprint density at radius 1 is 1.41 bits per heavy atom. The van der Waals surface area contributed by atoms with Crippen LogP contribution in [0.2, 0.25) is 0 Å². The molecule has 0 radical (unpaired) electrons. The van der Waals surface area contributed by atoms with E-state index in [4.69, 9.17) is 16.6 Å². The first-order chi connectivity index (χ1) is 8.29. The van der Waals surface area contributed by atoms with Crippen LogP contribution in [-0.4, -0.2) is 47.6 Å². The number of nitrogens with one attached hydrogen (secondary N) is 1. The SMILES string of the molecule is CCNC(=S)N1CCN(Cc2ccco2)CC1. The second-order valence-electron chi connectivity index (χ2n) is 4.18. The second-order valence-corrected chi connectivity index (χ2v) is 4.56. The van der Waals surface area contributed by atoms with Crippen LogP contribution in [0, 0.1) is 0 Å². The highest BCUT2D eigenvalue weighted by atomic mass is 32.1. The third-order valence-electron chi connectivity index (χ3n) is 2.95. The van der Waals surface area contributed by atoms with Gasteiger partial charge in [0.25, 0.3) is 0 Å². The van der Waals surface area contributed by atoms with E-state index in [1.54, 1.807) is 6.26 Å². The lowest BCUT2D eigenvalue weighted by Crippen LogP contribution is -2.51. The molecule has 2 rings (SSSR count). The fraction of sp³-hybridized carbons (Fsp3) is 0.583. The van der Waals surface area contributed by atoms with Crippen LogP contribution in [0.5, 0.6) is 0 Å². The normalized spacial score (nSPS) is 17.1. The van der Waals surface area contributed by atoms with E-state index in [9.17, 15) is 0 Å². The highest BCUT2D eigenvalue weighted by molar-refractivity contribution is 7.80. The van der Waals surface area contributed by atoms with Gasteiger partial charge in [-0.25, -0.2) is 0 Å². The van der Waals surface area contributed by atoms with E-state index in [-0.39, 0.29) is 0 Å². The van der Waals surface area contributed by atoms with Crippen LogP contribution in [0.4, 0.5) is 0 Å². The van der Waals surface area contributed by atoms with Gasteiger partial charge in [0.1, 0.15) is 5.76 Å². The van der Waals surface area contributed by atoms with Gasteiger partial charge >= 0.3 is 0 Å². The number of piperazine rings is 1. The molecule has 5 heteroatoms. The van der Waals surface area contributed by atoms with Crippen LogP contribution in [0.3, 0.4) is 0 Å². The first-order valence-electron chi connectivity index (χ1n) is 6.07. The molecule has 0 atom stereocenters. The summed E-state index contributed by atoms with van der Waals surface area (Å²) >= 11 is 5.31. The number of rotatable bonds is 3. The van der Waals surface area contributed by atoms with Gasteiger partial charge in [-0.3, -0.25) is 4.90 Å². The molecule has 0 aliphatic carbocycles. The van der Waals surface area contributed by atoms with Crippen LogP contribution >= 0.6 is 12.2 Å². The fourth-order valence-corrected chi connectivity index (χ4v) is 2.32. The first-order valence-corrected chi connectivity index (χ1v) is 6.48. The molecule has 1 fully saturated rings. The number of hydrogen-bond donors (Lipinski definition) is 1. The maximum atomic E-state index is 5.36. The summed E-state index contributed by atoms with van der Waals surface area (Å²) in [5, 5.41) is 4.08. The molecular weight excluding hydrogens is 234 g/mol. The largest absolute Gasteiger partial charge is 0.468 e. The lowest BCUT2D eigenvalue weighted by atomic mass is 10.3. The molecule has 1 aromatic heterocycles. The predicted molar refractivity (Wildman–Crippen MR) is 71.8 cm³/mol. The second kappa shape index (κ2) is 6.02. The predicted octanol–water partition coefficient (Wildman–Crippen LogP) is 1.29. The molecule has 0 aromatic carbocycles. The van der Waals surface area contributed by atoms with Crippen molar-refractivity contribution in [1.82, 2.24) is 15.1 Å². The van der Waals surface area contributed by atoms with Crippen molar-refractivity contribution in [3.05, 3.63) is 24.2 Å². The smallest absolute Gasteiger partial charge is 0.169 e. The Bertz CT molecular complexity index is 345. The zero-order chi connectivity index (χ0) is 12.1. The average Bonchev–Trinajstić information content (AvgIpc) is 2.83. The molecule has 2 heterocycles. The molecule has 1 aromatic rings. The topological polar surface area (TPSA) is 31.6 Å². The van der Waals surface area contributed by atoms with Gasteiger partial charge in [0.15, 0.2) is 5.11 Å². The van der Waals surface area contributed by atoms with Gasteiger partial charge in [-0.05, 0) is 31.3 Å². The van der Waals surface area contributed by atoms with Crippen molar-refractivity contribution in [1.29, 1.82) is 0 Å². The Balaban J connectivity index is 1.76. The Kier molecular flexibility index (Phi) is 4.39. The van der Waals surface area contributed by atoms with Crippen molar-refractivity contribution < 1.29 is 4.42 Å². The summed E-state index contributed by atoms with van der Waals surface area (Å²) < 4.78 is 5.36. The van der Waals surface area contributed by atoms with Crippen molar-refractivity contribution in [3.8, 4) is 0 Å². The van der Waals surface area contributed by atoms with Crippen molar-refractivity contribution in [2.24, 2.45) is 0 Å². The van der Waals surface area contributed by atoms with Gasteiger partial charge in [0.2, 0.25) is 0 Å². The molecule has 0 saturated carbocycles. The van der Waals surface area contributed by atoms with E-state index in [1.807, 2.05) is 12.1 Å². The maximum Gasteiger partial charge on any atom is 0.169 e. The van der Waals surface area contributed by atoms with Gasteiger partial charge in [0, 0.05) is 32.7 Å². The Morgan fingerprint density at radius 2 is 2.18 bits per heavy atom. The molecule has 0 unspecified atom stereocenters. The minimum atomic E-state index is 0.880. The van der Waals surface area contributed by atoms with E-state index in [2.05, 4.69) is 22.0 Å². The minimum Gasteiger partial charge on any atom is -0.468 e. The van der Waals surface area contributed by atoms with Crippen LogP contribution < -0.4 is 5.32 Å². The van der Waals surface area contributed by atoms with E-state index in [0.717, 1.165) is 50.1 Å². The van der Waals surface area contributed by atoms with E-state index in [1.165, 1.54) is 0 Å². The number of furan rings is 1. The molecule has 1 aliphatic heterocycles. The lowest BCUT2D eigenvalue weighted by Gasteiger charge is -2.35. The molecule has 17 heavy (non-hydrogen) atoms. The number of nitrogens with zero attached hydrogens (tertiary/aromatic N) is 2. The van der Waals surface area contributed by atoms with Gasteiger partial charge in [-0.2, -0.15) is 0 Å². The zero-order valence-corrected chi connectivity index (χ0v) is 11.0. The van der Waals surface area contributed by atoms with Gasteiger partial charge < -0.3 is 14.6 Å². The minimum absolute atomic E-state index is 0.880. The zero-order valence-electron chi connectivity index (χ0n) is 10.2. The van der Waals surface area contributed by atoms with E-state index >= 15 is 0 Å². The van der Waals surface area contributed by atoms with Crippen molar-refractivity contribution in [3.63, 3.8) is 0 Å². The third kappa shape index (κ3) is 3.44. The van der Waals surface area contributed by atoms with Gasteiger partial charge in [-0.15, -0.1) is 0 Å². The quantitative estimate of drug-likeness (QED) is 0.821. The summed E-state index contributed by atoms with van der Waals surface area (Å²) in [6.45, 7) is 7.91. The van der Waals surface area contributed by atoms with Crippen molar-refractivity contribution >= 4 is 17.3 Å². The Morgan fingerprint density at radius 3 is 2.76 bits per heavy atom. The molecule has 0 bridgehead atoms. The molecule has 94 valence electrons. The Hall–Kier alpha value is -1.07. The van der Waals surface area contributed by atoms with Crippen LogP contribution in [0.25, 0.3) is 0 Å². The van der Waals surface area contributed by atoms with Crippen LogP contribution in [-0.2, 0) is 6.54 Å². The summed E-state index contributed by atoms with van der Waals surface area (Å²) in [4.78, 5) is 4.63. The average molecular weight is 253 g/mol. The van der Waals surface area contributed by atoms with Crippen molar-refractivity contribution in [2.75, 3.05) is 32.7 Å². The Labute approximate surface area is 108 Å². The third-order valence-corrected chi connectivity index (χ3v) is 3.35. The van der Waals surface area contributed by atoms with Crippen molar-refractivity contribution in [2.45, 2.75) is 13.5 Å². The van der Waals surface area contributed by atoms with Gasteiger partial charge in [0.05, 0.1) is 12.8 Å². The number of thiocarbonyl (C=S) groups is 1. The van der Waals surface area contributed by atoms with Gasteiger partial charge in [-0.1, -0.05) is 0 Å². The summed E-state index contributed by atoms with van der Waals surface area (Å²) in [5.41, 5.74) is 0. The summed E-state index contributed by atoms with van der Waals surface area (Å²) in [6.07, 6.45) is 1.73. The maximum absolute atomic E-state index is 5.36. The van der Waals surface area contributed by atoms with E-state index in [0.29, 0.717) is 0 Å². The summed E-state index contributed by atoms with van der Waals surface area (Å²) in [7, 11) is 0. The lowest BCUT2D eigenvalue weighted by molar-refractivity contribution is 0.164. The highest BCUT2D eigenvalue weighted by Crippen LogP contribution is 2.08. The monoisotopic (exact) mass is 253 g/mol. The number of hydrogen-bond acceptors (Lipinski definition) is 3. The van der Waals surface area contributed by atoms with E-state index < -0.39 is 0 Å². The van der Waals surface area contributed by atoms with Crippen LogP contribution in [0.15, 0.2) is 22.8 Å². The highest BCUT2D eigenvalue weighted by Gasteiger charge is 2.18. The molecular formula is C12H19N3OS. The molecule has 0 spiro atoms.